The summed E-state index contributed by atoms with van der Waals surface area (Å²) in [4.78, 5) is 23.1. The minimum Gasteiger partial charge on any atom is -0.493 e. The number of ketones is 1. The summed E-state index contributed by atoms with van der Waals surface area (Å²) in [5, 5.41) is 8.80. The van der Waals surface area contributed by atoms with E-state index >= 15 is 0 Å². The van der Waals surface area contributed by atoms with E-state index in [0.29, 0.717) is 18.3 Å². The number of rotatable bonds is 8. The van der Waals surface area contributed by atoms with E-state index in [9.17, 15) is 14.0 Å². The first-order chi connectivity index (χ1) is 13.9. The maximum Gasteiger partial charge on any atom is 0.303 e. The van der Waals surface area contributed by atoms with E-state index in [4.69, 9.17) is 9.84 Å². The molecule has 29 heavy (non-hydrogen) atoms. The van der Waals surface area contributed by atoms with Crippen LogP contribution in [0.15, 0.2) is 12.1 Å². The molecule has 0 saturated heterocycles. The molecular formula is C24H29FO4. The number of ether oxygens (including phenoxy) is 1. The normalized spacial score (nSPS) is 32.4. The molecule has 156 valence electrons. The Morgan fingerprint density at radius 2 is 1.66 bits per heavy atom. The predicted molar refractivity (Wildman–Crippen MR) is 106 cm³/mol. The lowest BCUT2D eigenvalue weighted by Gasteiger charge is -2.56. The summed E-state index contributed by atoms with van der Waals surface area (Å²) in [5.74, 6) is 1.38. The average Bonchev–Trinajstić information content (AvgIpc) is 3.48. The van der Waals surface area contributed by atoms with Crippen LogP contribution in [0.4, 0.5) is 4.39 Å². The molecule has 1 aromatic rings. The summed E-state index contributed by atoms with van der Waals surface area (Å²) in [5.41, 5.74) is 1.19. The summed E-state index contributed by atoms with van der Waals surface area (Å²) in [6.45, 7) is 0.655. The second-order valence-electron chi connectivity index (χ2n) is 10.2. The van der Waals surface area contributed by atoms with Gasteiger partial charge in [-0.05, 0) is 86.7 Å². The van der Waals surface area contributed by atoms with Gasteiger partial charge in [-0.3, -0.25) is 9.59 Å². The highest BCUT2D eigenvalue weighted by atomic mass is 19.1. The zero-order valence-corrected chi connectivity index (χ0v) is 16.8. The van der Waals surface area contributed by atoms with E-state index in [-0.39, 0.29) is 23.8 Å². The van der Waals surface area contributed by atoms with Crippen molar-refractivity contribution in [1.82, 2.24) is 0 Å². The topological polar surface area (TPSA) is 63.6 Å². The number of halogens is 1. The lowest BCUT2D eigenvalue weighted by Crippen LogP contribution is -2.48. The van der Waals surface area contributed by atoms with Gasteiger partial charge in [-0.15, -0.1) is 0 Å². The van der Waals surface area contributed by atoms with Gasteiger partial charge >= 0.3 is 5.97 Å². The van der Waals surface area contributed by atoms with Gasteiger partial charge in [-0.2, -0.15) is 0 Å². The molecule has 0 aliphatic heterocycles. The van der Waals surface area contributed by atoms with Crippen LogP contribution >= 0.6 is 0 Å². The molecule has 5 aliphatic rings. The smallest absolute Gasteiger partial charge is 0.303 e. The van der Waals surface area contributed by atoms with Gasteiger partial charge in [0.05, 0.1) is 18.6 Å². The van der Waals surface area contributed by atoms with Crippen LogP contribution in [-0.2, 0) is 4.79 Å². The Hall–Kier alpha value is -1.91. The van der Waals surface area contributed by atoms with Crippen molar-refractivity contribution in [2.75, 3.05) is 6.61 Å². The van der Waals surface area contributed by atoms with Gasteiger partial charge in [-0.1, -0.05) is 0 Å². The largest absolute Gasteiger partial charge is 0.493 e. The van der Waals surface area contributed by atoms with Crippen molar-refractivity contribution >= 4 is 11.8 Å². The number of hydrogen-bond acceptors (Lipinski definition) is 3. The summed E-state index contributed by atoms with van der Waals surface area (Å²) in [6, 6.07) is 3.01. The number of hydrogen-bond donors (Lipinski definition) is 1. The number of benzene rings is 1. The molecule has 6 rings (SSSR count). The van der Waals surface area contributed by atoms with Gasteiger partial charge in [0.1, 0.15) is 11.6 Å². The number of aliphatic carboxylic acids is 1. The monoisotopic (exact) mass is 400 g/mol. The Bertz CT molecular complexity index is 806. The molecule has 0 radical (unpaired) electrons. The van der Waals surface area contributed by atoms with Gasteiger partial charge < -0.3 is 9.84 Å². The molecular weight excluding hydrogens is 371 g/mol. The highest BCUT2D eigenvalue weighted by molar-refractivity contribution is 5.98. The first-order valence-electron chi connectivity index (χ1n) is 11.1. The number of carbonyl (C=O) groups is 2. The molecule has 4 nitrogen and oxygen atoms in total. The van der Waals surface area contributed by atoms with Crippen molar-refractivity contribution in [3.63, 3.8) is 0 Å². The molecule has 1 aromatic carbocycles. The summed E-state index contributed by atoms with van der Waals surface area (Å²) >= 11 is 0. The fourth-order valence-corrected chi connectivity index (χ4v) is 6.68. The van der Waals surface area contributed by atoms with Crippen LogP contribution < -0.4 is 4.74 Å². The highest BCUT2D eigenvalue weighted by Crippen LogP contribution is 2.60. The number of carbonyl (C=O) groups excluding carboxylic acids is 1. The van der Waals surface area contributed by atoms with Gasteiger partial charge in [0, 0.05) is 17.9 Å². The van der Waals surface area contributed by atoms with E-state index in [1.807, 2.05) is 0 Å². The van der Waals surface area contributed by atoms with Crippen LogP contribution in [0.2, 0.25) is 0 Å². The number of carboxylic acids is 1. The van der Waals surface area contributed by atoms with Crippen molar-refractivity contribution in [2.45, 2.75) is 70.1 Å². The van der Waals surface area contributed by atoms with Gasteiger partial charge in [0.2, 0.25) is 0 Å². The van der Waals surface area contributed by atoms with Crippen LogP contribution in [0.3, 0.4) is 0 Å². The van der Waals surface area contributed by atoms with Crippen molar-refractivity contribution in [2.24, 2.45) is 23.2 Å². The summed E-state index contributed by atoms with van der Waals surface area (Å²) in [7, 11) is 0. The first kappa shape index (κ1) is 19.1. The zero-order chi connectivity index (χ0) is 20.2. The quantitative estimate of drug-likeness (QED) is 0.598. The Kier molecular flexibility index (Phi) is 4.67. The third kappa shape index (κ3) is 3.80. The van der Waals surface area contributed by atoms with Gasteiger partial charge in [0.25, 0.3) is 0 Å². The SMILES string of the molecule is O=C(O)CCC(=O)c1cc(C2CC2)c(OCC23CC4CC(CC(C4)C2)C3)cc1F. The van der Waals surface area contributed by atoms with Crippen LogP contribution in [0.5, 0.6) is 5.75 Å². The molecule has 5 heteroatoms. The van der Waals surface area contributed by atoms with E-state index in [2.05, 4.69) is 0 Å². The van der Waals surface area contributed by atoms with Gasteiger partial charge in [-0.25, -0.2) is 4.39 Å². The minimum absolute atomic E-state index is 0.00954. The minimum atomic E-state index is -1.04. The van der Waals surface area contributed by atoms with E-state index in [1.165, 1.54) is 44.6 Å². The first-order valence-corrected chi connectivity index (χ1v) is 11.1. The second-order valence-corrected chi connectivity index (χ2v) is 10.2. The molecule has 4 bridgehead atoms. The fourth-order valence-electron chi connectivity index (χ4n) is 6.68. The van der Waals surface area contributed by atoms with E-state index < -0.39 is 17.6 Å². The Balaban J connectivity index is 1.34. The van der Waals surface area contributed by atoms with Crippen molar-refractivity contribution in [1.29, 1.82) is 0 Å². The van der Waals surface area contributed by atoms with E-state index in [1.54, 1.807) is 6.07 Å². The highest BCUT2D eigenvalue weighted by Gasteiger charge is 2.51. The van der Waals surface area contributed by atoms with Crippen molar-refractivity contribution < 1.29 is 23.8 Å². The third-order valence-corrected chi connectivity index (χ3v) is 7.68. The Morgan fingerprint density at radius 3 is 2.21 bits per heavy atom. The third-order valence-electron chi connectivity index (χ3n) is 7.68. The predicted octanol–water partition coefficient (Wildman–Crippen LogP) is 5.35. The van der Waals surface area contributed by atoms with Crippen LogP contribution in [0.25, 0.3) is 0 Å². The fraction of sp³-hybridized carbons (Fsp3) is 0.667. The van der Waals surface area contributed by atoms with Crippen LogP contribution in [0.1, 0.15) is 86.0 Å². The molecule has 1 N–H and O–H groups in total. The maximum absolute atomic E-state index is 14.7. The molecule has 5 saturated carbocycles. The van der Waals surface area contributed by atoms with Gasteiger partial charge in [0.15, 0.2) is 5.78 Å². The lowest BCUT2D eigenvalue weighted by atomic mass is 9.50. The number of carboxylic acid groups (broad SMARTS) is 1. The molecule has 5 aliphatic carbocycles. The summed E-state index contributed by atoms with van der Waals surface area (Å²) < 4.78 is 21.0. The second kappa shape index (κ2) is 7.10. The van der Waals surface area contributed by atoms with Crippen LogP contribution in [0, 0.1) is 29.0 Å². The standard InChI is InChI=1S/C24H29FO4/c25-20-9-22(18(17-1-2-17)8-19(20)21(26)3-4-23(27)28)29-13-24-10-14-5-15(11-24)7-16(6-14)12-24/h8-9,14-17H,1-7,10-13H2,(H,27,28). The van der Waals surface area contributed by atoms with Crippen molar-refractivity contribution in [3.05, 3.63) is 29.1 Å². The molecule has 0 amide bonds. The Labute approximate surface area is 170 Å². The summed E-state index contributed by atoms with van der Waals surface area (Å²) in [6.07, 6.45) is 9.48. The Morgan fingerprint density at radius 1 is 1.03 bits per heavy atom. The average molecular weight is 400 g/mol. The molecule has 0 spiro atoms. The zero-order valence-electron chi connectivity index (χ0n) is 16.8. The van der Waals surface area contributed by atoms with Crippen molar-refractivity contribution in [3.8, 4) is 5.75 Å². The molecule has 0 unspecified atom stereocenters. The molecule has 0 heterocycles. The molecule has 5 fully saturated rings. The molecule has 0 atom stereocenters. The molecule has 0 aromatic heterocycles. The van der Waals surface area contributed by atoms with Crippen LogP contribution in [-0.4, -0.2) is 23.5 Å². The lowest BCUT2D eigenvalue weighted by molar-refractivity contribution is -0.136. The van der Waals surface area contributed by atoms with E-state index in [0.717, 1.165) is 36.2 Å². The number of Topliss-reactive ketones (excluding diaryl/α,β-unsaturated/α-hetero) is 1. The maximum atomic E-state index is 14.7.